The third-order valence-electron chi connectivity index (χ3n) is 11.8. The van der Waals surface area contributed by atoms with Crippen LogP contribution < -0.4 is 9.80 Å². The molecule has 12 aromatic rings. The molecule has 4 heteroatoms. The Morgan fingerprint density at radius 1 is 0.267 bits per heavy atom. The monoisotopic (exact) mass is 768 g/mol. The summed E-state index contributed by atoms with van der Waals surface area (Å²) in [5.41, 5.74) is 12.0. The molecule has 0 aliphatic heterocycles. The highest BCUT2D eigenvalue weighted by atomic mass is 16.3. The van der Waals surface area contributed by atoms with Crippen molar-refractivity contribution in [2.75, 3.05) is 9.80 Å². The summed E-state index contributed by atoms with van der Waals surface area (Å²) in [5.74, 6) is 0. The van der Waals surface area contributed by atoms with Crippen molar-refractivity contribution in [3.05, 3.63) is 218 Å². The number of para-hydroxylation sites is 2. The lowest BCUT2D eigenvalue weighted by molar-refractivity contribution is 0.668. The molecule has 0 aliphatic carbocycles. The number of fused-ring (bicyclic) bond motifs is 8. The first-order valence-electron chi connectivity index (χ1n) is 20.3. The molecule has 2 aromatic heterocycles. The second-order valence-corrected chi connectivity index (χ2v) is 15.3. The second kappa shape index (κ2) is 13.8. The number of benzene rings is 10. The van der Waals surface area contributed by atoms with Crippen LogP contribution in [0.25, 0.3) is 76.5 Å². The largest absolute Gasteiger partial charge is 0.456 e. The average Bonchev–Trinajstić information content (AvgIpc) is 3.89. The van der Waals surface area contributed by atoms with E-state index in [0.717, 1.165) is 89.1 Å². The predicted octanol–water partition coefficient (Wildman–Crippen LogP) is 16.4. The highest BCUT2D eigenvalue weighted by molar-refractivity contribution is 6.15. The summed E-state index contributed by atoms with van der Waals surface area (Å²) in [6.45, 7) is 0. The SMILES string of the molecule is c1cc(-c2cccc(N(c3ccc4ccccc4c3)c3cccc4oc5ccccc5c34)c2)cc(N(c2ccc3ccccc3c2)c2cccc3oc4ccccc4c23)c1. The standard InChI is InChI=1S/C56H36N2O2/c1-3-15-39-33-45(31-29-37(39)13-1)57(49-23-11-27-53-55(49)47-21-5-7-25-51(47)59-53)43-19-9-17-41(35-43)42-18-10-20-44(36-42)58(46-32-30-38-14-2-4-16-40(38)34-46)50-24-12-28-54-56(50)48-22-6-8-26-52(48)60-54/h1-36H. The minimum Gasteiger partial charge on any atom is -0.456 e. The van der Waals surface area contributed by atoms with Gasteiger partial charge in [-0.1, -0.05) is 133 Å². The number of nitrogens with zero attached hydrogens (tertiary/aromatic N) is 2. The maximum absolute atomic E-state index is 6.42. The highest BCUT2D eigenvalue weighted by Crippen LogP contribution is 2.46. The van der Waals surface area contributed by atoms with Crippen LogP contribution in [0.1, 0.15) is 0 Å². The van der Waals surface area contributed by atoms with Gasteiger partial charge in [-0.05, 0) is 118 Å². The van der Waals surface area contributed by atoms with Gasteiger partial charge < -0.3 is 18.6 Å². The Hall–Kier alpha value is -8.08. The maximum Gasteiger partial charge on any atom is 0.137 e. The van der Waals surface area contributed by atoms with Crippen LogP contribution in [0, 0.1) is 0 Å². The number of hydrogen-bond acceptors (Lipinski definition) is 4. The van der Waals surface area contributed by atoms with Crippen LogP contribution in [0.3, 0.4) is 0 Å². The fourth-order valence-corrected chi connectivity index (χ4v) is 9.02. The van der Waals surface area contributed by atoms with Crippen molar-refractivity contribution in [2.45, 2.75) is 0 Å². The highest BCUT2D eigenvalue weighted by Gasteiger charge is 2.22. The Morgan fingerprint density at radius 3 is 1.13 bits per heavy atom. The Labute approximate surface area is 346 Å². The minimum atomic E-state index is 0.859. The fourth-order valence-electron chi connectivity index (χ4n) is 9.02. The van der Waals surface area contributed by atoms with E-state index in [1.54, 1.807) is 0 Å². The summed E-state index contributed by atoms with van der Waals surface area (Å²) < 4.78 is 12.8. The van der Waals surface area contributed by atoms with E-state index in [-0.39, 0.29) is 0 Å². The summed E-state index contributed by atoms with van der Waals surface area (Å²) in [7, 11) is 0. The average molecular weight is 769 g/mol. The van der Waals surface area contributed by atoms with Gasteiger partial charge in [-0.15, -0.1) is 0 Å². The van der Waals surface area contributed by atoms with Crippen molar-refractivity contribution >= 4 is 99.5 Å². The van der Waals surface area contributed by atoms with Gasteiger partial charge >= 0.3 is 0 Å². The Bertz CT molecular complexity index is 3360. The molecule has 60 heavy (non-hydrogen) atoms. The van der Waals surface area contributed by atoms with E-state index < -0.39 is 0 Å². The molecule has 0 amide bonds. The van der Waals surface area contributed by atoms with Crippen LogP contribution in [-0.4, -0.2) is 0 Å². The molecule has 0 saturated heterocycles. The molecule has 0 fully saturated rings. The lowest BCUT2D eigenvalue weighted by Crippen LogP contribution is -2.11. The molecule has 0 aliphatic rings. The van der Waals surface area contributed by atoms with E-state index in [0.29, 0.717) is 0 Å². The molecule has 0 bridgehead atoms. The number of hydrogen-bond donors (Lipinski definition) is 0. The van der Waals surface area contributed by atoms with Crippen molar-refractivity contribution in [3.8, 4) is 11.1 Å². The first kappa shape index (κ1) is 34.0. The molecule has 282 valence electrons. The van der Waals surface area contributed by atoms with Crippen molar-refractivity contribution < 1.29 is 8.83 Å². The number of furan rings is 2. The summed E-state index contributed by atoms with van der Waals surface area (Å²) in [4.78, 5) is 4.74. The van der Waals surface area contributed by atoms with Crippen LogP contribution in [0.15, 0.2) is 227 Å². The lowest BCUT2D eigenvalue weighted by atomic mass is 10.0. The Morgan fingerprint density at radius 2 is 0.650 bits per heavy atom. The molecule has 2 heterocycles. The van der Waals surface area contributed by atoms with Crippen LogP contribution in [-0.2, 0) is 0 Å². The van der Waals surface area contributed by atoms with Crippen LogP contribution >= 0.6 is 0 Å². The van der Waals surface area contributed by atoms with E-state index in [9.17, 15) is 0 Å². The summed E-state index contributed by atoms with van der Waals surface area (Å²) in [6.07, 6.45) is 0. The molecule has 0 saturated carbocycles. The zero-order valence-corrected chi connectivity index (χ0v) is 32.5. The number of rotatable bonds is 7. The van der Waals surface area contributed by atoms with Crippen molar-refractivity contribution in [3.63, 3.8) is 0 Å². The third-order valence-corrected chi connectivity index (χ3v) is 11.8. The van der Waals surface area contributed by atoms with Gasteiger partial charge in [0.1, 0.15) is 22.3 Å². The topological polar surface area (TPSA) is 32.8 Å². The first-order valence-corrected chi connectivity index (χ1v) is 20.3. The van der Waals surface area contributed by atoms with Gasteiger partial charge in [-0.2, -0.15) is 0 Å². The van der Waals surface area contributed by atoms with Gasteiger partial charge in [0.15, 0.2) is 0 Å². The molecule has 0 unspecified atom stereocenters. The van der Waals surface area contributed by atoms with E-state index in [1.165, 1.54) is 21.5 Å². The quantitative estimate of drug-likeness (QED) is 0.162. The molecular weight excluding hydrogens is 733 g/mol. The minimum absolute atomic E-state index is 0.859. The molecule has 0 radical (unpaired) electrons. The van der Waals surface area contributed by atoms with E-state index in [2.05, 4.69) is 204 Å². The fraction of sp³-hybridized carbons (Fsp3) is 0. The van der Waals surface area contributed by atoms with Gasteiger partial charge in [-0.25, -0.2) is 0 Å². The summed E-state index contributed by atoms with van der Waals surface area (Å²) >= 11 is 0. The molecule has 10 aromatic carbocycles. The third kappa shape index (κ3) is 5.61. The first-order chi connectivity index (χ1) is 29.7. The van der Waals surface area contributed by atoms with E-state index >= 15 is 0 Å². The van der Waals surface area contributed by atoms with Crippen molar-refractivity contribution in [2.24, 2.45) is 0 Å². The van der Waals surface area contributed by atoms with Crippen LogP contribution in [0.5, 0.6) is 0 Å². The maximum atomic E-state index is 6.42. The van der Waals surface area contributed by atoms with Crippen molar-refractivity contribution in [1.29, 1.82) is 0 Å². The van der Waals surface area contributed by atoms with Crippen LogP contribution in [0.2, 0.25) is 0 Å². The normalized spacial score (nSPS) is 11.7. The van der Waals surface area contributed by atoms with E-state index in [1.807, 2.05) is 24.3 Å². The van der Waals surface area contributed by atoms with Gasteiger partial charge in [0, 0.05) is 33.5 Å². The van der Waals surface area contributed by atoms with E-state index in [4.69, 9.17) is 8.83 Å². The summed E-state index contributed by atoms with van der Waals surface area (Å²) in [6, 6.07) is 77.6. The van der Waals surface area contributed by atoms with Gasteiger partial charge in [0.2, 0.25) is 0 Å². The molecule has 0 spiro atoms. The molecular formula is C56H36N2O2. The Kier molecular flexibility index (Phi) is 7.82. The van der Waals surface area contributed by atoms with Crippen LogP contribution in [0.4, 0.5) is 34.1 Å². The molecule has 4 nitrogen and oxygen atoms in total. The lowest BCUT2D eigenvalue weighted by Gasteiger charge is -2.28. The van der Waals surface area contributed by atoms with Gasteiger partial charge in [0.05, 0.1) is 22.1 Å². The predicted molar refractivity (Wildman–Crippen MR) is 251 cm³/mol. The summed E-state index contributed by atoms with van der Waals surface area (Å²) in [5, 5.41) is 9.12. The molecule has 12 rings (SSSR count). The molecule has 0 N–H and O–H groups in total. The number of anilines is 6. The van der Waals surface area contributed by atoms with Crippen molar-refractivity contribution in [1.82, 2.24) is 0 Å². The Balaban J connectivity index is 1.04. The van der Waals surface area contributed by atoms with Gasteiger partial charge in [-0.3, -0.25) is 0 Å². The smallest absolute Gasteiger partial charge is 0.137 e. The zero-order chi connectivity index (χ0) is 39.6. The van der Waals surface area contributed by atoms with Gasteiger partial charge in [0.25, 0.3) is 0 Å². The molecule has 0 atom stereocenters. The second-order valence-electron chi connectivity index (χ2n) is 15.3. The zero-order valence-electron chi connectivity index (χ0n) is 32.5.